The number of alkyl halides is 3. The first-order valence-electron chi connectivity index (χ1n) is 8.22. The highest BCUT2D eigenvalue weighted by Crippen LogP contribution is 2.29. The lowest BCUT2D eigenvalue weighted by molar-refractivity contribution is -0.137. The molecule has 0 aliphatic carbocycles. The smallest absolute Gasteiger partial charge is 0.352 e. The van der Waals surface area contributed by atoms with E-state index in [-0.39, 0.29) is 11.9 Å². The zero-order valence-electron chi connectivity index (χ0n) is 14.4. The molecule has 3 rings (SSSR count). The van der Waals surface area contributed by atoms with Gasteiger partial charge in [0.05, 0.1) is 10.6 Å². The molecule has 1 aliphatic heterocycles. The van der Waals surface area contributed by atoms with Gasteiger partial charge in [-0.3, -0.25) is 5.32 Å². The number of nitrogens with one attached hydrogen (secondary N) is 1. The molecule has 1 N–H and O–H groups in total. The summed E-state index contributed by atoms with van der Waals surface area (Å²) in [5, 5.41) is 3.07. The van der Waals surface area contributed by atoms with Crippen LogP contribution in [0.4, 0.5) is 29.6 Å². The van der Waals surface area contributed by atoms with E-state index in [9.17, 15) is 18.0 Å². The highest BCUT2D eigenvalue weighted by Gasteiger charge is 2.31. The molecule has 10 heteroatoms. The molecule has 0 aromatic carbocycles. The Labute approximate surface area is 159 Å². The second-order valence-electron chi connectivity index (χ2n) is 6.16. The maximum absolute atomic E-state index is 12.6. The predicted molar refractivity (Wildman–Crippen MR) is 95.9 cm³/mol. The lowest BCUT2D eigenvalue weighted by atomic mass is 10.2. The van der Waals surface area contributed by atoms with Crippen molar-refractivity contribution in [2.24, 2.45) is 0 Å². The summed E-state index contributed by atoms with van der Waals surface area (Å²) < 4.78 is 37.7. The number of urea groups is 1. The van der Waals surface area contributed by atoms with Crippen molar-refractivity contribution in [3.8, 4) is 0 Å². The lowest BCUT2D eigenvalue weighted by Gasteiger charge is -2.40. The van der Waals surface area contributed by atoms with Crippen LogP contribution in [0.25, 0.3) is 0 Å². The number of piperazine rings is 1. The molecule has 6 nitrogen and oxygen atoms in total. The van der Waals surface area contributed by atoms with Crippen molar-refractivity contribution in [3.05, 3.63) is 47.2 Å². The van der Waals surface area contributed by atoms with Crippen LogP contribution in [0, 0.1) is 0 Å². The fourth-order valence-corrected chi connectivity index (χ4v) is 3.12. The van der Waals surface area contributed by atoms with Crippen molar-refractivity contribution in [1.29, 1.82) is 0 Å². The first-order valence-corrected chi connectivity index (χ1v) is 8.60. The van der Waals surface area contributed by atoms with Gasteiger partial charge in [-0.25, -0.2) is 14.8 Å². The molecule has 1 saturated heterocycles. The van der Waals surface area contributed by atoms with E-state index in [4.69, 9.17) is 11.6 Å². The Morgan fingerprint density at radius 1 is 1.26 bits per heavy atom. The summed E-state index contributed by atoms with van der Waals surface area (Å²) in [4.78, 5) is 24.0. The van der Waals surface area contributed by atoms with E-state index < -0.39 is 17.8 Å². The molecule has 1 aliphatic rings. The topological polar surface area (TPSA) is 61.4 Å². The average molecular weight is 400 g/mol. The normalized spacial score (nSPS) is 17.7. The number of hydrogen-bond acceptors (Lipinski definition) is 4. The standard InChI is InChI=1S/C17H17ClF3N5O/c1-11-10-25(15-13(18)3-2-6-22-15)7-8-26(11)16(27)24-14-5-4-12(9-23-14)17(19,20)21/h2-6,9,11H,7-8,10H2,1H3,(H,23,24,27). The first-order chi connectivity index (χ1) is 12.8. The Balaban J connectivity index is 1.62. The van der Waals surface area contributed by atoms with Gasteiger partial charge in [0.15, 0.2) is 0 Å². The average Bonchev–Trinajstić information content (AvgIpc) is 2.61. The van der Waals surface area contributed by atoms with Crippen LogP contribution in [0.2, 0.25) is 5.02 Å². The Morgan fingerprint density at radius 3 is 2.63 bits per heavy atom. The lowest BCUT2D eigenvalue weighted by Crippen LogP contribution is -2.55. The fraction of sp³-hybridized carbons (Fsp3) is 0.353. The Morgan fingerprint density at radius 2 is 2.04 bits per heavy atom. The maximum atomic E-state index is 12.6. The number of rotatable bonds is 2. The van der Waals surface area contributed by atoms with Crippen molar-refractivity contribution >= 4 is 29.3 Å². The highest BCUT2D eigenvalue weighted by molar-refractivity contribution is 6.32. The van der Waals surface area contributed by atoms with Crippen molar-refractivity contribution in [1.82, 2.24) is 14.9 Å². The van der Waals surface area contributed by atoms with Gasteiger partial charge in [-0.2, -0.15) is 13.2 Å². The van der Waals surface area contributed by atoms with Gasteiger partial charge in [0.2, 0.25) is 0 Å². The largest absolute Gasteiger partial charge is 0.417 e. The van der Waals surface area contributed by atoms with Crippen molar-refractivity contribution < 1.29 is 18.0 Å². The van der Waals surface area contributed by atoms with Gasteiger partial charge in [0, 0.05) is 38.1 Å². The van der Waals surface area contributed by atoms with Crippen molar-refractivity contribution in [3.63, 3.8) is 0 Å². The van der Waals surface area contributed by atoms with E-state index in [0.29, 0.717) is 36.7 Å². The van der Waals surface area contributed by atoms with Crippen LogP contribution < -0.4 is 10.2 Å². The molecule has 144 valence electrons. The summed E-state index contributed by atoms with van der Waals surface area (Å²) >= 11 is 6.17. The molecular weight excluding hydrogens is 383 g/mol. The van der Waals surface area contributed by atoms with Crippen LogP contribution in [0.15, 0.2) is 36.7 Å². The zero-order chi connectivity index (χ0) is 19.6. The minimum atomic E-state index is -4.47. The summed E-state index contributed by atoms with van der Waals surface area (Å²) in [6.07, 6.45) is -2.12. The molecule has 2 aromatic heterocycles. The van der Waals surface area contributed by atoms with E-state index in [1.54, 1.807) is 23.2 Å². The van der Waals surface area contributed by atoms with Crippen LogP contribution in [-0.2, 0) is 6.18 Å². The molecule has 0 radical (unpaired) electrons. The third-order valence-electron chi connectivity index (χ3n) is 4.25. The third-order valence-corrected chi connectivity index (χ3v) is 4.55. The fourth-order valence-electron chi connectivity index (χ4n) is 2.88. The number of nitrogens with zero attached hydrogens (tertiary/aromatic N) is 4. The zero-order valence-corrected chi connectivity index (χ0v) is 15.1. The van der Waals surface area contributed by atoms with Crippen LogP contribution in [0.5, 0.6) is 0 Å². The molecule has 27 heavy (non-hydrogen) atoms. The molecule has 2 aromatic rings. The number of carbonyl (C=O) groups is 1. The van der Waals surface area contributed by atoms with Crippen LogP contribution in [-0.4, -0.2) is 46.6 Å². The quantitative estimate of drug-likeness (QED) is 0.832. The van der Waals surface area contributed by atoms with Gasteiger partial charge >= 0.3 is 12.2 Å². The number of carbonyl (C=O) groups excluding carboxylic acids is 1. The van der Waals surface area contributed by atoms with E-state index in [1.165, 1.54) is 0 Å². The summed E-state index contributed by atoms with van der Waals surface area (Å²) in [6.45, 7) is 3.36. The Hall–Kier alpha value is -2.55. The molecule has 1 atom stereocenters. The van der Waals surface area contributed by atoms with Gasteiger partial charge in [-0.1, -0.05) is 11.6 Å². The summed E-state index contributed by atoms with van der Waals surface area (Å²) in [5.41, 5.74) is -0.866. The number of hydrogen-bond donors (Lipinski definition) is 1. The van der Waals surface area contributed by atoms with Crippen molar-refractivity contribution in [2.75, 3.05) is 29.9 Å². The Kier molecular flexibility index (Phi) is 5.41. The molecular formula is C17H17ClF3N5O. The van der Waals surface area contributed by atoms with Crippen LogP contribution in [0.1, 0.15) is 12.5 Å². The van der Waals surface area contributed by atoms with Gasteiger partial charge in [0.1, 0.15) is 11.6 Å². The number of aromatic nitrogens is 2. The van der Waals surface area contributed by atoms with E-state index in [1.807, 2.05) is 11.8 Å². The van der Waals surface area contributed by atoms with Crippen LogP contribution >= 0.6 is 11.6 Å². The minimum Gasteiger partial charge on any atom is -0.352 e. The number of anilines is 2. The monoisotopic (exact) mass is 399 g/mol. The van der Waals surface area contributed by atoms with E-state index >= 15 is 0 Å². The highest BCUT2D eigenvalue weighted by atomic mass is 35.5. The summed E-state index contributed by atoms with van der Waals surface area (Å²) in [5.74, 6) is 0.728. The second kappa shape index (κ2) is 7.59. The molecule has 0 bridgehead atoms. The number of pyridine rings is 2. The minimum absolute atomic E-state index is 0.0652. The Bertz CT molecular complexity index is 815. The molecule has 0 saturated carbocycles. The molecule has 1 unspecified atom stereocenters. The van der Waals surface area contributed by atoms with Gasteiger partial charge < -0.3 is 9.80 Å². The molecule has 0 spiro atoms. The first kappa shape index (κ1) is 19.2. The molecule has 3 heterocycles. The van der Waals surface area contributed by atoms with Gasteiger partial charge in [-0.05, 0) is 31.2 Å². The third kappa shape index (κ3) is 4.41. The maximum Gasteiger partial charge on any atom is 0.417 e. The van der Waals surface area contributed by atoms with Crippen molar-refractivity contribution in [2.45, 2.75) is 19.1 Å². The predicted octanol–water partition coefficient (Wildman–Crippen LogP) is 3.89. The van der Waals surface area contributed by atoms with Gasteiger partial charge in [-0.15, -0.1) is 0 Å². The second-order valence-corrected chi connectivity index (χ2v) is 6.56. The molecule has 2 amide bonds. The number of halogens is 4. The summed E-state index contributed by atoms with van der Waals surface area (Å²) in [7, 11) is 0. The van der Waals surface area contributed by atoms with Crippen LogP contribution in [0.3, 0.4) is 0 Å². The molecule has 1 fully saturated rings. The number of amides is 2. The van der Waals surface area contributed by atoms with E-state index in [2.05, 4.69) is 15.3 Å². The SMILES string of the molecule is CC1CN(c2ncccc2Cl)CCN1C(=O)Nc1ccc(C(F)(F)F)cn1. The summed E-state index contributed by atoms with van der Waals surface area (Å²) in [6, 6.07) is 4.95. The van der Waals surface area contributed by atoms with E-state index in [0.717, 1.165) is 12.1 Å². The van der Waals surface area contributed by atoms with Gasteiger partial charge in [0.25, 0.3) is 0 Å².